The van der Waals surface area contributed by atoms with Gasteiger partial charge in [-0.15, -0.1) is 0 Å². The summed E-state index contributed by atoms with van der Waals surface area (Å²) in [4.78, 5) is 24.5. The number of para-hydroxylation sites is 1. The van der Waals surface area contributed by atoms with Crippen molar-refractivity contribution >= 4 is 22.5 Å². The van der Waals surface area contributed by atoms with Gasteiger partial charge in [0.15, 0.2) is 0 Å². The second-order valence-electron chi connectivity index (χ2n) is 9.56. The maximum Gasteiger partial charge on any atom is 0.256 e. The summed E-state index contributed by atoms with van der Waals surface area (Å²) in [5.74, 6) is 0.108. The van der Waals surface area contributed by atoms with Crippen LogP contribution in [0.5, 0.6) is 0 Å². The third-order valence-electron chi connectivity index (χ3n) is 7.23. The lowest BCUT2D eigenvalue weighted by molar-refractivity contribution is 0.0666. The number of unbranched alkanes of at least 4 members (excludes halogenated alkanes) is 1. The highest BCUT2D eigenvalue weighted by Gasteiger charge is 2.23. The van der Waals surface area contributed by atoms with Gasteiger partial charge in [-0.3, -0.25) is 9.69 Å². The highest BCUT2D eigenvalue weighted by Crippen LogP contribution is 2.23. The van der Waals surface area contributed by atoms with Crippen molar-refractivity contribution in [3.05, 3.63) is 72.1 Å². The van der Waals surface area contributed by atoms with E-state index < -0.39 is 0 Å². The zero-order chi connectivity index (χ0) is 23.3. The maximum absolute atomic E-state index is 13.1. The Balaban J connectivity index is 1.14. The van der Waals surface area contributed by atoms with Crippen LogP contribution in [0, 0.1) is 0 Å². The molecule has 0 bridgehead atoms. The lowest BCUT2D eigenvalue weighted by Crippen LogP contribution is -2.47. The van der Waals surface area contributed by atoms with E-state index in [1.807, 2.05) is 23.4 Å². The zero-order valence-corrected chi connectivity index (χ0v) is 20.2. The van der Waals surface area contributed by atoms with Gasteiger partial charge >= 0.3 is 0 Å². The molecular weight excluding hydrogens is 422 g/mol. The lowest BCUT2D eigenvalue weighted by Gasteiger charge is -2.32. The van der Waals surface area contributed by atoms with E-state index >= 15 is 0 Å². The van der Waals surface area contributed by atoms with Crippen molar-refractivity contribution in [1.82, 2.24) is 24.3 Å². The predicted molar refractivity (Wildman–Crippen MR) is 138 cm³/mol. The van der Waals surface area contributed by atoms with Crippen LogP contribution in [0.4, 0.5) is 0 Å². The van der Waals surface area contributed by atoms with Crippen molar-refractivity contribution < 1.29 is 4.79 Å². The van der Waals surface area contributed by atoms with Crippen molar-refractivity contribution in [1.29, 1.82) is 0 Å². The van der Waals surface area contributed by atoms with Gasteiger partial charge in [-0.05, 0) is 56.1 Å². The number of aryl methyl sites for hydroxylation is 1. The van der Waals surface area contributed by atoms with Crippen molar-refractivity contribution in [2.45, 2.75) is 25.8 Å². The molecule has 0 aliphatic carbocycles. The molecule has 1 saturated heterocycles. The largest absolute Gasteiger partial charge is 0.336 e. The average Bonchev–Trinajstić information content (AvgIpc) is 3.31. The number of fused-ring (bicyclic) bond motifs is 1. The monoisotopic (exact) mass is 457 g/mol. The molecule has 6 nitrogen and oxygen atoms in total. The highest BCUT2D eigenvalue weighted by molar-refractivity contribution is 6.05. The van der Waals surface area contributed by atoms with Gasteiger partial charge in [-0.2, -0.15) is 0 Å². The van der Waals surface area contributed by atoms with Crippen LogP contribution in [0.1, 0.15) is 35.2 Å². The van der Waals surface area contributed by atoms with E-state index in [2.05, 4.69) is 68.9 Å². The van der Waals surface area contributed by atoms with E-state index in [0.29, 0.717) is 0 Å². The number of carbonyl (C=O) groups excluding carboxylic acids is 1. The van der Waals surface area contributed by atoms with E-state index in [1.165, 1.54) is 11.1 Å². The molecule has 2 aliphatic rings. The van der Waals surface area contributed by atoms with Crippen molar-refractivity contribution in [3.8, 4) is 0 Å². The molecule has 1 amide bonds. The minimum Gasteiger partial charge on any atom is -0.336 e. The topological polar surface area (TPSA) is 44.6 Å². The van der Waals surface area contributed by atoms with Gasteiger partial charge in [0, 0.05) is 45.8 Å². The smallest absolute Gasteiger partial charge is 0.256 e. The number of aromatic nitrogens is 2. The first-order chi connectivity index (χ1) is 16.7. The molecule has 0 saturated carbocycles. The van der Waals surface area contributed by atoms with Crippen molar-refractivity contribution in [3.63, 3.8) is 0 Å². The van der Waals surface area contributed by atoms with Crippen LogP contribution in [0.2, 0.25) is 0 Å². The molecule has 0 atom stereocenters. The molecule has 0 unspecified atom stereocenters. The highest BCUT2D eigenvalue weighted by atomic mass is 16.2. The van der Waals surface area contributed by atoms with Crippen LogP contribution in [-0.2, 0) is 6.54 Å². The fraction of sp³-hybridized carbons (Fsp3) is 0.429. The second-order valence-corrected chi connectivity index (χ2v) is 9.56. The number of hydrogen-bond acceptors (Lipinski definition) is 4. The van der Waals surface area contributed by atoms with E-state index in [9.17, 15) is 4.79 Å². The number of piperazine rings is 1. The Morgan fingerprint density at radius 1 is 0.912 bits per heavy atom. The SMILES string of the molecule is CN1CCN(C(=O)c2cccc3c2ncn3CCCCN2CC=C(c3ccccc3)CC2)CC1. The summed E-state index contributed by atoms with van der Waals surface area (Å²) >= 11 is 0. The summed E-state index contributed by atoms with van der Waals surface area (Å²) in [7, 11) is 2.11. The third-order valence-corrected chi connectivity index (χ3v) is 7.23. The van der Waals surface area contributed by atoms with Crippen LogP contribution in [0.25, 0.3) is 16.6 Å². The number of imidazole rings is 1. The van der Waals surface area contributed by atoms with Gasteiger partial charge in [0.2, 0.25) is 0 Å². The third kappa shape index (κ3) is 5.08. The Kier molecular flexibility index (Phi) is 7.07. The maximum atomic E-state index is 13.1. The Hall–Kier alpha value is -2.96. The normalized spacial score (nSPS) is 17.8. The summed E-state index contributed by atoms with van der Waals surface area (Å²) in [5.41, 5.74) is 5.47. The standard InChI is InChI=1S/C28H35N5O/c1-30-18-20-32(21-19-30)28(34)25-10-7-11-26-27(25)29-22-33(26)15-6-5-14-31-16-12-24(13-17-31)23-8-3-2-4-9-23/h2-4,7-12,22H,5-6,13-21H2,1H3. The average molecular weight is 458 g/mol. The van der Waals surface area contributed by atoms with Crippen molar-refractivity contribution in [2.24, 2.45) is 0 Å². The quantitative estimate of drug-likeness (QED) is 0.503. The van der Waals surface area contributed by atoms with Crippen LogP contribution < -0.4 is 0 Å². The molecule has 3 aromatic rings. The molecule has 3 heterocycles. The van der Waals surface area contributed by atoms with E-state index in [4.69, 9.17) is 0 Å². The minimum atomic E-state index is 0.108. The molecule has 178 valence electrons. The van der Waals surface area contributed by atoms with Crippen molar-refractivity contribution in [2.75, 3.05) is 52.9 Å². The van der Waals surface area contributed by atoms with Gasteiger partial charge < -0.3 is 14.4 Å². The molecule has 0 radical (unpaired) electrons. The van der Waals surface area contributed by atoms with Crippen LogP contribution in [0.15, 0.2) is 60.9 Å². The first kappa shape index (κ1) is 22.8. The molecule has 0 N–H and O–H groups in total. The van der Waals surface area contributed by atoms with Crippen LogP contribution >= 0.6 is 0 Å². The van der Waals surface area contributed by atoms with E-state index in [0.717, 1.165) is 88.2 Å². The summed E-state index contributed by atoms with van der Waals surface area (Å²) < 4.78 is 2.21. The van der Waals surface area contributed by atoms with Crippen LogP contribution in [-0.4, -0.2) is 83.0 Å². The Labute approximate surface area is 202 Å². The zero-order valence-electron chi connectivity index (χ0n) is 20.2. The number of benzene rings is 2. The number of hydrogen-bond donors (Lipinski definition) is 0. The molecule has 5 rings (SSSR count). The Morgan fingerprint density at radius 3 is 2.47 bits per heavy atom. The second kappa shape index (κ2) is 10.5. The minimum absolute atomic E-state index is 0.108. The molecule has 34 heavy (non-hydrogen) atoms. The summed E-state index contributed by atoms with van der Waals surface area (Å²) in [6.45, 7) is 7.64. The number of nitrogens with zero attached hydrogens (tertiary/aromatic N) is 5. The first-order valence-electron chi connectivity index (χ1n) is 12.6. The van der Waals surface area contributed by atoms with Gasteiger partial charge in [-0.1, -0.05) is 42.5 Å². The fourth-order valence-corrected chi connectivity index (χ4v) is 5.07. The molecule has 6 heteroatoms. The number of likely N-dealkylation sites (N-methyl/N-ethyl adjacent to an activating group) is 1. The fourth-order valence-electron chi connectivity index (χ4n) is 5.07. The van der Waals surface area contributed by atoms with Gasteiger partial charge in [-0.25, -0.2) is 4.98 Å². The summed E-state index contributed by atoms with van der Waals surface area (Å²) in [6, 6.07) is 16.7. The Bertz CT molecular complexity index is 1140. The summed E-state index contributed by atoms with van der Waals surface area (Å²) in [6.07, 6.45) is 7.69. The van der Waals surface area contributed by atoms with Gasteiger partial charge in [0.1, 0.15) is 5.52 Å². The molecule has 0 spiro atoms. The Morgan fingerprint density at radius 2 is 1.71 bits per heavy atom. The molecule has 2 aliphatic heterocycles. The van der Waals surface area contributed by atoms with Gasteiger partial charge in [0.05, 0.1) is 17.4 Å². The molecule has 2 aromatic carbocycles. The van der Waals surface area contributed by atoms with E-state index in [-0.39, 0.29) is 5.91 Å². The molecule has 1 aromatic heterocycles. The predicted octanol–water partition coefficient (Wildman–Crippen LogP) is 3.99. The summed E-state index contributed by atoms with van der Waals surface area (Å²) in [5, 5.41) is 0. The first-order valence-corrected chi connectivity index (χ1v) is 12.6. The number of carbonyl (C=O) groups is 1. The van der Waals surface area contributed by atoms with E-state index in [1.54, 1.807) is 0 Å². The molecule has 1 fully saturated rings. The van der Waals surface area contributed by atoms with Crippen LogP contribution in [0.3, 0.4) is 0 Å². The molecular formula is C28H35N5O. The number of amides is 1. The van der Waals surface area contributed by atoms with Gasteiger partial charge in [0.25, 0.3) is 5.91 Å². The lowest BCUT2D eigenvalue weighted by atomic mass is 9.99. The number of rotatable bonds is 7.